The van der Waals surface area contributed by atoms with Crippen molar-refractivity contribution in [3.8, 4) is 0 Å². The maximum atomic E-state index is 14.9. The normalized spacial score (nSPS) is 24.0. The summed E-state index contributed by atoms with van der Waals surface area (Å²) >= 11 is 0. The van der Waals surface area contributed by atoms with Gasteiger partial charge in [0, 0.05) is 6.61 Å². The number of halogens is 3. The Hall–Kier alpha value is -2.15. The average molecular weight is 313 g/mol. The van der Waals surface area contributed by atoms with Gasteiger partial charge in [0.15, 0.2) is 0 Å². The number of carbonyl (C=O) groups is 1. The van der Waals surface area contributed by atoms with Crippen LogP contribution in [0.25, 0.3) is 0 Å². The number of esters is 1. The molecule has 7 heteroatoms. The number of rotatable bonds is 4. The smallest absolute Gasteiger partial charge is 0.356 e. The fourth-order valence-corrected chi connectivity index (χ4v) is 2.20. The minimum atomic E-state index is -2.59. The van der Waals surface area contributed by atoms with Gasteiger partial charge < -0.3 is 9.47 Å². The third-order valence-corrected chi connectivity index (χ3v) is 3.15. The molecule has 0 saturated heterocycles. The molecule has 4 nitrogen and oxygen atoms in total. The molecule has 2 unspecified atom stereocenters. The summed E-state index contributed by atoms with van der Waals surface area (Å²) < 4.78 is 52.4. The molecular weight excluding hydrogens is 299 g/mol. The molecular formula is C15H14F3NO3. The number of aromatic nitrogens is 1. The fourth-order valence-electron chi connectivity index (χ4n) is 2.20. The van der Waals surface area contributed by atoms with E-state index in [0.717, 1.165) is 37.5 Å². The van der Waals surface area contributed by atoms with E-state index in [1.807, 2.05) is 0 Å². The van der Waals surface area contributed by atoms with Crippen LogP contribution in [0.2, 0.25) is 0 Å². The molecule has 1 aromatic heterocycles. The van der Waals surface area contributed by atoms with Gasteiger partial charge in [-0.1, -0.05) is 6.08 Å². The molecule has 0 aliphatic heterocycles. The van der Waals surface area contributed by atoms with Crippen LogP contribution in [-0.2, 0) is 9.47 Å². The summed E-state index contributed by atoms with van der Waals surface area (Å²) in [5, 5.41) is 0. The van der Waals surface area contributed by atoms with E-state index in [0.29, 0.717) is 0 Å². The zero-order chi connectivity index (χ0) is 16.3. The molecule has 1 heterocycles. The van der Waals surface area contributed by atoms with Crippen molar-refractivity contribution in [1.82, 2.24) is 4.98 Å². The lowest BCUT2D eigenvalue weighted by Crippen LogP contribution is -2.36. The van der Waals surface area contributed by atoms with Crippen molar-refractivity contribution >= 4 is 5.97 Å². The molecule has 0 saturated carbocycles. The van der Waals surface area contributed by atoms with Gasteiger partial charge in [-0.15, -0.1) is 0 Å². The molecule has 2 atom stereocenters. The van der Waals surface area contributed by atoms with Crippen LogP contribution in [0.3, 0.4) is 0 Å². The minimum Gasteiger partial charge on any atom is -0.464 e. The Kier molecular flexibility index (Phi) is 4.65. The van der Waals surface area contributed by atoms with Crippen molar-refractivity contribution in [3.63, 3.8) is 0 Å². The van der Waals surface area contributed by atoms with Crippen molar-refractivity contribution in [3.05, 3.63) is 53.4 Å². The lowest BCUT2D eigenvalue weighted by atomic mass is 9.89. The first-order chi connectivity index (χ1) is 10.4. The average Bonchev–Trinajstić information content (AvgIpc) is 2.48. The third kappa shape index (κ3) is 2.89. The van der Waals surface area contributed by atoms with Crippen LogP contribution < -0.4 is 0 Å². The Morgan fingerprint density at radius 1 is 1.41 bits per heavy atom. The highest BCUT2D eigenvalue weighted by molar-refractivity contribution is 5.87. The maximum Gasteiger partial charge on any atom is 0.356 e. The molecule has 0 N–H and O–H groups in total. The van der Waals surface area contributed by atoms with Gasteiger partial charge in [-0.3, -0.25) is 0 Å². The Labute approximate surface area is 125 Å². The number of pyridine rings is 1. The molecule has 118 valence electrons. The van der Waals surface area contributed by atoms with Crippen LogP contribution >= 0.6 is 0 Å². The van der Waals surface area contributed by atoms with Gasteiger partial charge in [0.05, 0.1) is 12.8 Å². The summed E-state index contributed by atoms with van der Waals surface area (Å²) in [4.78, 5) is 15.2. The Morgan fingerprint density at radius 2 is 2.14 bits per heavy atom. The van der Waals surface area contributed by atoms with Crippen LogP contribution in [0.5, 0.6) is 0 Å². The van der Waals surface area contributed by atoms with Crippen molar-refractivity contribution in [1.29, 1.82) is 0 Å². The Balaban J connectivity index is 2.54. The molecule has 0 aromatic carbocycles. The fraction of sp³-hybridized carbons (Fsp3) is 0.333. The quantitative estimate of drug-likeness (QED) is 0.801. The Morgan fingerprint density at radius 3 is 2.77 bits per heavy atom. The van der Waals surface area contributed by atoms with E-state index in [4.69, 9.17) is 4.74 Å². The lowest BCUT2D eigenvalue weighted by molar-refractivity contribution is -0.119. The van der Waals surface area contributed by atoms with Crippen LogP contribution in [0.1, 0.15) is 29.0 Å². The highest BCUT2D eigenvalue weighted by Gasteiger charge is 2.45. The first kappa shape index (κ1) is 16.2. The molecule has 1 aromatic rings. The number of alkyl halides is 1. The van der Waals surface area contributed by atoms with Crippen LogP contribution in [0.4, 0.5) is 13.2 Å². The van der Waals surface area contributed by atoms with Gasteiger partial charge in [0.2, 0.25) is 5.85 Å². The predicted octanol–water partition coefficient (Wildman–Crippen LogP) is 3.22. The molecule has 1 aliphatic rings. The molecule has 2 rings (SSSR count). The van der Waals surface area contributed by atoms with Crippen LogP contribution in [0, 0.1) is 5.82 Å². The maximum absolute atomic E-state index is 14.9. The second-order valence-corrected chi connectivity index (χ2v) is 4.53. The lowest BCUT2D eigenvalue weighted by Gasteiger charge is -2.31. The topological polar surface area (TPSA) is 48.4 Å². The molecule has 0 amide bonds. The molecule has 1 aliphatic carbocycles. The van der Waals surface area contributed by atoms with Gasteiger partial charge >= 0.3 is 5.97 Å². The monoisotopic (exact) mass is 313 g/mol. The van der Waals surface area contributed by atoms with E-state index in [-0.39, 0.29) is 12.3 Å². The zero-order valence-electron chi connectivity index (χ0n) is 12.0. The highest BCUT2D eigenvalue weighted by Crippen LogP contribution is 2.43. The summed E-state index contributed by atoms with van der Waals surface area (Å²) in [6, 6.07) is 1.98. The van der Waals surface area contributed by atoms with Crippen LogP contribution in [-0.4, -0.2) is 30.5 Å². The number of nitrogens with zero attached hydrogens (tertiary/aromatic N) is 1. The first-order valence-corrected chi connectivity index (χ1v) is 6.55. The van der Waals surface area contributed by atoms with Gasteiger partial charge in [-0.25, -0.2) is 22.9 Å². The van der Waals surface area contributed by atoms with Crippen molar-refractivity contribution in [2.24, 2.45) is 0 Å². The van der Waals surface area contributed by atoms with Crippen molar-refractivity contribution in [2.45, 2.75) is 18.7 Å². The molecule has 0 spiro atoms. The number of carbonyl (C=O) groups excluding carboxylic acids is 1. The number of ether oxygens (including phenoxy) is 2. The highest BCUT2D eigenvalue weighted by atomic mass is 19.2. The van der Waals surface area contributed by atoms with E-state index in [2.05, 4.69) is 9.72 Å². The van der Waals surface area contributed by atoms with Gasteiger partial charge in [0.25, 0.3) is 0 Å². The minimum absolute atomic E-state index is 0.0526. The molecule has 0 radical (unpaired) electrons. The van der Waals surface area contributed by atoms with Gasteiger partial charge in [-0.2, -0.15) is 0 Å². The second kappa shape index (κ2) is 6.31. The van der Waals surface area contributed by atoms with Crippen molar-refractivity contribution in [2.75, 3.05) is 13.7 Å². The largest absolute Gasteiger partial charge is 0.464 e. The Bertz CT molecular complexity index is 645. The zero-order valence-corrected chi connectivity index (χ0v) is 12.0. The van der Waals surface area contributed by atoms with Gasteiger partial charge in [-0.05, 0) is 31.2 Å². The summed E-state index contributed by atoms with van der Waals surface area (Å²) in [6.07, 6.45) is 3.12. The van der Waals surface area contributed by atoms with E-state index < -0.39 is 35.1 Å². The summed E-state index contributed by atoms with van der Waals surface area (Å²) in [5.41, 5.74) is -0.808. The number of allylic oxidation sites excluding steroid dienone is 2. The van der Waals surface area contributed by atoms with E-state index in [1.165, 1.54) is 6.92 Å². The number of methoxy groups -OCH3 is 1. The van der Waals surface area contributed by atoms with Gasteiger partial charge in [0.1, 0.15) is 23.3 Å². The summed E-state index contributed by atoms with van der Waals surface area (Å²) in [7, 11) is 1.12. The summed E-state index contributed by atoms with van der Waals surface area (Å²) in [6.45, 7) is 1.47. The molecule has 0 bridgehead atoms. The predicted molar refractivity (Wildman–Crippen MR) is 72.1 cm³/mol. The molecule has 0 fully saturated rings. The van der Waals surface area contributed by atoms with E-state index in [1.54, 1.807) is 0 Å². The van der Waals surface area contributed by atoms with Crippen LogP contribution in [0.15, 0.2) is 36.2 Å². The SMILES string of the molecule is CCOC1(F)C=CC=C(F)C1c1nc(C(=O)OC)ccc1F. The third-order valence-electron chi connectivity index (χ3n) is 3.15. The molecule has 22 heavy (non-hydrogen) atoms. The number of hydrogen-bond acceptors (Lipinski definition) is 4. The number of hydrogen-bond donors (Lipinski definition) is 0. The van der Waals surface area contributed by atoms with E-state index in [9.17, 15) is 18.0 Å². The van der Waals surface area contributed by atoms with Crippen molar-refractivity contribution < 1.29 is 27.4 Å². The second-order valence-electron chi connectivity index (χ2n) is 4.53. The van der Waals surface area contributed by atoms with E-state index >= 15 is 0 Å². The summed E-state index contributed by atoms with van der Waals surface area (Å²) in [5.74, 6) is -7.05. The first-order valence-electron chi connectivity index (χ1n) is 6.55. The standard InChI is InChI=1S/C15H14F3NO3/c1-3-22-15(18)8-4-5-9(16)12(15)13-10(17)6-7-11(19-13)14(20)21-2/h4-8,12H,3H2,1-2H3.